The summed E-state index contributed by atoms with van der Waals surface area (Å²) in [5.74, 6) is 0. The van der Waals surface area contributed by atoms with Crippen LogP contribution in [0, 0.1) is 0 Å². The summed E-state index contributed by atoms with van der Waals surface area (Å²) in [5.41, 5.74) is -0.0393. The molecule has 108 valence electrons. The van der Waals surface area contributed by atoms with Gasteiger partial charge in [-0.1, -0.05) is 18.5 Å². The Labute approximate surface area is 120 Å². The molecule has 1 aliphatic heterocycles. The predicted octanol–water partition coefficient (Wildman–Crippen LogP) is 2.81. The summed E-state index contributed by atoms with van der Waals surface area (Å²) >= 11 is 6.25. The van der Waals surface area contributed by atoms with Crippen LogP contribution in [0.2, 0.25) is 5.02 Å². The van der Waals surface area contributed by atoms with Crippen LogP contribution in [0.15, 0.2) is 6.20 Å². The number of hydrogen-bond acceptors (Lipinski definition) is 3. The summed E-state index contributed by atoms with van der Waals surface area (Å²) < 4.78 is 1.86. The number of nitrogens with zero attached hydrogens (tertiary/aromatic N) is 3. The van der Waals surface area contributed by atoms with Gasteiger partial charge < -0.3 is 10.0 Å². The number of piperidine rings is 1. The summed E-state index contributed by atoms with van der Waals surface area (Å²) in [6.45, 7) is 9.25. The van der Waals surface area contributed by atoms with Gasteiger partial charge in [-0.15, -0.1) is 0 Å². The highest BCUT2D eigenvalue weighted by Gasteiger charge is 2.38. The molecule has 0 aromatic carbocycles. The molecule has 1 aliphatic rings. The number of hydrogen-bond donors (Lipinski definition) is 1. The number of aliphatic hydroxyl groups is 1. The van der Waals surface area contributed by atoms with Crippen molar-refractivity contribution in [1.82, 2.24) is 14.7 Å². The maximum Gasteiger partial charge on any atom is 0.110 e. The van der Waals surface area contributed by atoms with Crippen molar-refractivity contribution in [3.05, 3.63) is 16.9 Å². The lowest BCUT2D eigenvalue weighted by molar-refractivity contribution is -0.0332. The second-order valence-corrected chi connectivity index (χ2v) is 6.16. The lowest BCUT2D eigenvalue weighted by Gasteiger charge is -2.38. The molecule has 19 heavy (non-hydrogen) atoms. The zero-order valence-corrected chi connectivity index (χ0v) is 12.8. The molecule has 0 bridgehead atoms. The van der Waals surface area contributed by atoms with Crippen LogP contribution in [-0.2, 0) is 5.60 Å². The summed E-state index contributed by atoms with van der Waals surface area (Å²) in [6, 6.07) is 0.209. The fraction of sp³-hybridized carbons (Fsp3) is 0.786. The maximum absolute atomic E-state index is 11.0. The monoisotopic (exact) mass is 285 g/mol. The summed E-state index contributed by atoms with van der Waals surface area (Å²) in [7, 11) is 0. The Hall–Kier alpha value is -0.580. The van der Waals surface area contributed by atoms with Crippen LogP contribution in [-0.4, -0.2) is 39.4 Å². The van der Waals surface area contributed by atoms with Gasteiger partial charge in [-0.2, -0.15) is 5.10 Å². The van der Waals surface area contributed by atoms with Crippen molar-refractivity contribution < 1.29 is 5.11 Å². The van der Waals surface area contributed by atoms with E-state index in [1.807, 2.05) is 4.68 Å². The lowest BCUT2D eigenvalue weighted by Crippen LogP contribution is -2.44. The third kappa shape index (κ3) is 2.96. The minimum atomic E-state index is -0.831. The highest BCUT2D eigenvalue weighted by atomic mass is 35.5. The van der Waals surface area contributed by atoms with Crippen molar-refractivity contribution in [2.24, 2.45) is 0 Å². The van der Waals surface area contributed by atoms with Crippen LogP contribution in [0.25, 0.3) is 0 Å². The van der Waals surface area contributed by atoms with Crippen molar-refractivity contribution >= 4 is 11.6 Å². The SMILES string of the molecule is CCCN1CCC(O)(c2c(Cl)cnn2C(C)C)CC1. The average Bonchev–Trinajstić information content (AvgIpc) is 2.76. The van der Waals surface area contributed by atoms with E-state index in [9.17, 15) is 5.11 Å². The van der Waals surface area contributed by atoms with Crippen LogP contribution in [0.3, 0.4) is 0 Å². The van der Waals surface area contributed by atoms with Gasteiger partial charge in [0.15, 0.2) is 0 Å². The fourth-order valence-corrected chi connectivity index (χ4v) is 3.17. The smallest absolute Gasteiger partial charge is 0.110 e. The normalized spacial score (nSPS) is 20.1. The second-order valence-electron chi connectivity index (χ2n) is 5.75. The van der Waals surface area contributed by atoms with E-state index in [2.05, 4.69) is 30.8 Å². The van der Waals surface area contributed by atoms with E-state index in [0.717, 1.165) is 44.6 Å². The third-order valence-corrected chi connectivity index (χ3v) is 4.18. The first kappa shape index (κ1) is 14.8. The van der Waals surface area contributed by atoms with Crippen LogP contribution < -0.4 is 0 Å². The lowest BCUT2D eigenvalue weighted by atomic mass is 9.87. The van der Waals surface area contributed by atoms with Crippen molar-refractivity contribution in [3.8, 4) is 0 Å². The zero-order valence-electron chi connectivity index (χ0n) is 12.1. The molecular formula is C14H24ClN3O. The Bertz CT molecular complexity index is 422. The molecule has 0 radical (unpaired) electrons. The highest BCUT2D eigenvalue weighted by Crippen LogP contribution is 2.37. The predicted molar refractivity (Wildman–Crippen MR) is 77.5 cm³/mol. The molecule has 0 amide bonds. The van der Waals surface area contributed by atoms with E-state index in [1.54, 1.807) is 6.20 Å². The fourth-order valence-electron chi connectivity index (χ4n) is 2.87. The average molecular weight is 286 g/mol. The number of likely N-dealkylation sites (tertiary alicyclic amines) is 1. The summed E-state index contributed by atoms with van der Waals surface area (Å²) in [6.07, 6.45) is 4.26. The highest BCUT2D eigenvalue weighted by molar-refractivity contribution is 6.31. The zero-order chi connectivity index (χ0) is 14.0. The van der Waals surface area contributed by atoms with E-state index in [4.69, 9.17) is 11.6 Å². The van der Waals surface area contributed by atoms with Gasteiger partial charge in [-0.25, -0.2) is 0 Å². The molecule has 0 aliphatic carbocycles. The van der Waals surface area contributed by atoms with E-state index >= 15 is 0 Å². The molecule has 0 spiro atoms. The minimum absolute atomic E-state index is 0.209. The van der Waals surface area contributed by atoms with Gasteiger partial charge in [0.25, 0.3) is 0 Å². The van der Waals surface area contributed by atoms with Gasteiger partial charge >= 0.3 is 0 Å². The Morgan fingerprint density at radius 3 is 2.58 bits per heavy atom. The quantitative estimate of drug-likeness (QED) is 0.925. The standard InChI is InChI=1S/C14H24ClN3O/c1-4-7-17-8-5-14(19,6-9-17)13-12(15)10-16-18(13)11(2)3/h10-11,19H,4-9H2,1-3H3. The van der Waals surface area contributed by atoms with Crippen LogP contribution in [0.4, 0.5) is 0 Å². The van der Waals surface area contributed by atoms with Crippen molar-refractivity contribution in [2.45, 2.75) is 51.7 Å². The maximum atomic E-state index is 11.0. The Morgan fingerprint density at radius 1 is 1.42 bits per heavy atom. The topological polar surface area (TPSA) is 41.3 Å². The molecule has 1 aromatic heterocycles. The van der Waals surface area contributed by atoms with Crippen molar-refractivity contribution in [2.75, 3.05) is 19.6 Å². The van der Waals surface area contributed by atoms with Gasteiger partial charge in [0, 0.05) is 19.1 Å². The Balaban J connectivity index is 2.20. The minimum Gasteiger partial charge on any atom is -0.383 e. The van der Waals surface area contributed by atoms with Gasteiger partial charge in [0.05, 0.1) is 16.9 Å². The third-order valence-electron chi connectivity index (χ3n) is 3.90. The Kier molecular flexibility index (Phi) is 4.54. The molecule has 1 N–H and O–H groups in total. The molecule has 2 heterocycles. The first-order valence-electron chi connectivity index (χ1n) is 7.16. The van der Waals surface area contributed by atoms with Gasteiger partial charge in [-0.3, -0.25) is 4.68 Å². The number of halogens is 1. The van der Waals surface area contributed by atoms with Gasteiger partial charge in [0.2, 0.25) is 0 Å². The summed E-state index contributed by atoms with van der Waals surface area (Å²) in [5, 5.41) is 15.8. The molecule has 1 aromatic rings. The molecule has 2 rings (SSSR count). The van der Waals surface area contributed by atoms with Gasteiger partial charge in [-0.05, 0) is 39.7 Å². The van der Waals surface area contributed by atoms with Crippen LogP contribution in [0.5, 0.6) is 0 Å². The Morgan fingerprint density at radius 2 is 2.05 bits per heavy atom. The van der Waals surface area contributed by atoms with E-state index in [1.165, 1.54) is 0 Å². The molecule has 4 nitrogen and oxygen atoms in total. The molecular weight excluding hydrogens is 262 g/mol. The van der Waals surface area contributed by atoms with Crippen LogP contribution >= 0.6 is 11.6 Å². The molecule has 1 saturated heterocycles. The van der Waals surface area contributed by atoms with E-state index in [-0.39, 0.29) is 6.04 Å². The van der Waals surface area contributed by atoms with E-state index < -0.39 is 5.60 Å². The first-order chi connectivity index (χ1) is 8.98. The first-order valence-corrected chi connectivity index (χ1v) is 7.54. The molecule has 5 heteroatoms. The molecule has 0 atom stereocenters. The van der Waals surface area contributed by atoms with Gasteiger partial charge in [0.1, 0.15) is 5.60 Å². The van der Waals surface area contributed by atoms with Crippen LogP contribution in [0.1, 0.15) is 51.8 Å². The number of aromatic nitrogens is 2. The summed E-state index contributed by atoms with van der Waals surface area (Å²) in [4.78, 5) is 2.40. The second kappa shape index (κ2) is 5.81. The molecule has 1 fully saturated rings. The molecule has 0 saturated carbocycles. The molecule has 0 unspecified atom stereocenters. The number of rotatable bonds is 4. The van der Waals surface area contributed by atoms with Crippen molar-refractivity contribution in [1.29, 1.82) is 0 Å². The van der Waals surface area contributed by atoms with Crippen molar-refractivity contribution in [3.63, 3.8) is 0 Å². The largest absolute Gasteiger partial charge is 0.383 e. The van der Waals surface area contributed by atoms with E-state index in [0.29, 0.717) is 5.02 Å².